The third-order valence-electron chi connectivity index (χ3n) is 5.10. The van der Waals surface area contributed by atoms with E-state index in [9.17, 15) is 14.0 Å². The van der Waals surface area contributed by atoms with Gasteiger partial charge in [0.15, 0.2) is 0 Å². The number of hydrogen-bond donors (Lipinski definition) is 0. The Labute approximate surface area is 195 Å². The summed E-state index contributed by atoms with van der Waals surface area (Å²) in [4.78, 5) is 34.4. The molecule has 0 atom stereocenters. The van der Waals surface area contributed by atoms with Crippen molar-refractivity contribution in [2.75, 3.05) is 0 Å². The third kappa shape index (κ3) is 4.25. The molecule has 0 aliphatic rings. The normalized spacial score (nSPS) is 11.1. The molecule has 2 aromatic carbocycles. The maximum absolute atomic E-state index is 13.3. The molecule has 0 bridgehead atoms. The number of rotatable bonds is 4. The van der Waals surface area contributed by atoms with Gasteiger partial charge in [0.2, 0.25) is 0 Å². The zero-order valence-electron chi connectivity index (χ0n) is 17.0. The second-order valence-electron chi connectivity index (χ2n) is 7.32. The lowest BCUT2D eigenvalue weighted by Gasteiger charge is -2.10. The van der Waals surface area contributed by atoms with Crippen molar-refractivity contribution in [2.24, 2.45) is 0 Å². The van der Waals surface area contributed by atoms with E-state index in [0.717, 1.165) is 4.47 Å². The van der Waals surface area contributed by atoms with Crippen LogP contribution < -0.4 is 5.56 Å². The number of para-hydroxylation sites is 1. The van der Waals surface area contributed by atoms with Crippen molar-refractivity contribution >= 4 is 38.4 Å². The van der Waals surface area contributed by atoms with Crippen LogP contribution in [0, 0.1) is 5.82 Å². The van der Waals surface area contributed by atoms with Crippen LogP contribution >= 0.6 is 15.9 Å². The van der Waals surface area contributed by atoms with Gasteiger partial charge in [-0.15, -0.1) is 0 Å². The maximum Gasteiger partial charge on any atom is 0.339 e. The molecule has 0 saturated heterocycles. The van der Waals surface area contributed by atoms with E-state index in [0.29, 0.717) is 39.1 Å². The predicted molar refractivity (Wildman–Crippen MR) is 125 cm³/mol. The largest absolute Gasteiger partial charge is 0.456 e. The van der Waals surface area contributed by atoms with Gasteiger partial charge in [-0.05, 0) is 64.5 Å². The summed E-state index contributed by atoms with van der Waals surface area (Å²) in [7, 11) is 0. The topological polar surface area (TPSA) is 73.6 Å². The molecular formula is C25H15BrFN3O3. The Morgan fingerprint density at radius 1 is 1.00 bits per heavy atom. The molecule has 3 aromatic heterocycles. The van der Waals surface area contributed by atoms with Crippen molar-refractivity contribution in [3.8, 4) is 11.3 Å². The molecule has 5 aromatic rings. The minimum atomic E-state index is -0.574. The van der Waals surface area contributed by atoms with Crippen LogP contribution in [0.2, 0.25) is 0 Å². The van der Waals surface area contributed by atoms with Gasteiger partial charge in [0.05, 0.1) is 22.5 Å². The zero-order chi connectivity index (χ0) is 22.9. The van der Waals surface area contributed by atoms with E-state index in [1.165, 1.54) is 22.6 Å². The Bertz CT molecular complexity index is 1580. The predicted octanol–water partition coefficient (Wildman–Crippen LogP) is 5.17. The molecule has 3 heterocycles. The lowest BCUT2D eigenvalue weighted by Crippen LogP contribution is -2.16. The summed E-state index contributed by atoms with van der Waals surface area (Å²) < 4.78 is 21.0. The first-order valence-corrected chi connectivity index (χ1v) is 10.8. The van der Waals surface area contributed by atoms with E-state index in [2.05, 4.69) is 25.9 Å². The van der Waals surface area contributed by atoms with Gasteiger partial charge < -0.3 is 4.74 Å². The molecule has 0 unspecified atom stereocenters. The van der Waals surface area contributed by atoms with Crippen molar-refractivity contribution in [1.29, 1.82) is 0 Å². The molecule has 33 heavy (non-hydrogen) atoms. The summed E-state index contributed by atoms with van der Waals surface area (Å²) >= 11 is 3.33. The van der Waals surface area contributed by atoms with Crippen LogP contribution in [0.15, 0.2) is 88.3 Å². The second-order valence-corrected chi connectivity index (χ2v) is 8.23. The summed E-state index contributed by atoms with van der Waals surface area (Å²) in [6.07, 6.45) is 1.63. The van der Waals surface area contributed by atoms with Crippen molar-refractivity contribution in [3.63, 3.8) is 0 Å². The molecule has 0 spiro atoms. The van der Waals surface area contributed by atoms with Crippen LogP contribution in [0.4, 0.5) is 4.39 Å². The first-order valence-electron chi connectivity index (χ1n) is 9.99. The summed E-state index contributed by atoms with van der Waals surface area (Å²) in [5.41, 5.74) is 2.64. The first kappa shape index (κ1) is 21.0. The number of hydrogen-bond acceptors (Lipinski definition) is 5. The van der Waals surface area contributed by atoms with Gasteiger partial charge in [-0.3, -0.25) is 9.20 Å². The van der Waals surface area contributed by atoms with Crippen LogP contribution in [0.1, 0.15) is 16.1 Å². The highest BCUT2D eigenvalue weighted by molar-refractivity contribution is 9.10. The fourth-order valence-electron chi connectivity index (χ4n) is 3.53. The van der Waals surface area contributed by atoms with Crippen LogP contribution in [0.25, 0.3) is 27.8 Å². The number of nitrogens with zero attached hydrogens (tertiary/aromatic N) is 3. The minimum absolute atomic E-state index is 0.164. The smallest absolute Gasteiger partial charge is 0.339 e. The average molecular weight is 504 g/mol. The van der Waals surface area contributed by atoms with Gasteiger partial charge in [0, 0.05) is 27.7 Å². The van der Waals surface area contributed by atoms with Crippen molar-refractivity contribution in [1.82, 2.24) is 14.4 Å². The number of halogens is 2. The van der Waals surface area contributed by atoms with Crippen LogP contribution in [-0.4, -0.2) is 20.3 Å². The highest BCUT2D eigenvalue weighted by Crippen LogP contribution is 2.26. The monoisotopic (exact) mass is 503 g/mol. The zero-order valence-corrected chi connectivity index (χ0v) is 18.6. The quantitative estimate of drug-likeness (QED) is 0.316. The van der Waals surface area contributed by atoms with Crippen molar-refractivity contribution in [2.45, 2.75) is 6.61 Å². The van der Waals surface area contributed by atoms with Gasteiger partial charge >= 0.3 is 5.97 Å². The fourth-order valence-corrected chi connectivity index (χ4v) is 3.87. The molecule has 0 aliphatic carbocycles. The lowest BCUT2D eigenvalue weighted by molar-refractivity contribution is 0.0470. The fraction of sp³-hybridized carbons (Fsp3) is 0.0400. The number of fused-ring (bicyclic) bond motifs is 2. The Hall–Kier alpha value is -3.91. The van der Waals surface area contributed by atoms with Gasteiger partial charge in [-0.25, -0.2) is 19.2 Å². The molecule has 0 amide bonds. The van der Waals surface area contributed by atoms with E-state index in [1.54, 1.807) is 48.7 Å². The van der Waals surface area contributed by atoms with Crippen LogP contribution in [-0.2, 0) is 11.3 Å². The molecule has 162 valence electrons. The SMILES string of the molecule is O=C(OCc1cc(=O)n2cc(Br)ccc2n1)c1cc(-c2ccc(F)cc2)nc2ccccc12. The highest BCUT2D eigenvalue weighted by atomic mass is 79.9. The molecule has 0 saturated carbocycles. The summed E-state index contributed by atoms with van der Waals surface area (Å²) in [5.74, 6) is -0.930. The summed E-state index contributed by atoms with van der Waals surface area (Å²) in [6, 6.07) is 19.5. The van der Waals surface area contributed by atoms with Gasteiger partial charge in [0.1, 0.15) is 18.1 Å². The third-order valence-corrected chi connectivity index (χ3v) is 5.57. The van der Waals surface area contributed by atoms with E-state index in [4.69, 9.17) is 4.74 Å². The number of carbonyl (C=O) groups is 1. The Balaban J connectivity index is 1.48. The van der Waals surface area contributed by atoms with Gasteiger partial charge in [-0.1, -0.05) is 18.2 Å². The maximum atomic E-state index is 13.3. The molecular weight excluding hydrogens is 489 g/mol. The highest BCUT2D eigenvalue weighted by Gasteiger charge is 2.16. The molecule has 8 heteroatoms. The molecule has 0 radical (unpaired) electrons. The molecule has 5 rings (SSSR count). The van der Waals surface area contributed by atoms with Gasteiger partial charge in [0.25, 0.3) is 5.56 Å². The first-order chi connectivity index (χ1) is 16.0. The molecule has 6 nitrogen and oxygen atoms in total. The summed E-state index contributed by atoms with van der Waals surface area (Å²) in [6.45, 7) is -0.164. The number of benzene rings is 2. The van der Waals surface area contributed by atoms with E-state index >= 15 is 0 Å². The van der Waals surface area contributed by atoms with E-state index in [1.807, 2.05) is 12.1 Å². The van der Waals surface area contributed by atoms with Crippen LogP contribution in [0.5, 0.6) is 0 Å². The number of carbonyl (C=O) groups excluding carboxylic acids is 1. The second kappa shape index (κ2) is 8.55. The van der Waals surface area contributed by atoms with Crippen molar-refractivity contribution < 1.29 is 13.9 Å². The average Bonchev–Trinajstić information content (AvgIpc) is 2.83. The van der Waals surface area contributed by atoms with Gasteiger partial charge in [-0.2, -0.15) is 0 Å². The number of pyridine rings is 2. The molecule has 0 fully saturated rings. The Kier molecular flexibility index (Phi) is 5.43. The van der Waals surface area contributed by atoms with E-state index < -0.39 is 5.97 Å². The van der Waals surface area contributed by atoms with E-state index in [-0.39, 0.29) is 18.0 Å². The Morgan fingerprint density at radius 3 is 2.61 bits per heavy atom. The number of ether oxygens (including phenoxy) is 1. The molecule has 0 N–H and O–H groups in total. The standard InChI is InChI=1S/C25H15BrFN3O3/c26-16-7-10-23-28-18(11-24(31)30(23)13-16)14-33-25(32)20-12-22(15-5-8-17(27)9-6-15)29-21-4-2-1-3-19(20)21/h1-13H,14H2. The minimum Gasteiger partial charge on any atom is -0.456 e. The lowest BCUT2D eigenvalue weighted by atomic mass is 10.0. The Morgan fingerprint density at radius 2 is 1.79 bits per heavy atom. The summed E-state index contributed by atoms with van der Waals surface area (Å²) in [5, 5.41) is 0.629. The number of esters is 1. The van der Waals surface area contributed by atoms with Crippen LogP contribution in [0.3, 0.4) is 0 Å². The number of aromatic nitrogens is 3. The van der Waals surface area contributed by atoms with Crippen molar-refractivity contribution in [3.05, 3.63) is 111 Å². The molecule has 0 aliphatic heterocycles.